The summed E-state index contributed by atoms with van der Waals surface area (Å²) in [6.45, 7) is 2.16. The maximum atomic E-state index is 9.86. The zero-order valence-electron chi connectivity index (χ0n) is 8.16. The Balaban J connectivity index is 2.06. The lowest BCUT2D eigenvalue weighted by Crippen LogP contribution is -2.43. The zero-order chi connectivity index (χ0) is 9.60. The van der Waals surface area contributed by atoms with Crippen molar-refractivity contribution >= 4 is 0 Å². The van der Waals surface area contributed by atoms with E-state index in [9.17, 15) is 5.11 Å². The summed E-state index contributed by atoms with van der Waals surface area (Å²) in [5.41, 5.74) is 1.41. The molecular formula is C12H15NO. The molecule has 2 nitrogen and oxygen atoms in total. The molecule has 1 saturated heterocycles. The third-order valence-corrected chi connectivity index (χ3v) is 3.99. The van der Waals surface area contributed by atoms with Gasteiger partial charge in [-0.25, -0.2) is 0 Å². The van der Waals surface area contributed by atoms with Gasteiger partial charge in [-0.15, -0.1) is 0 Å². The summed E-state index contributed by atoms with van der Waals surface area (Å²) in [6.07, 6.45) is 2.53. The normalized spacial score (nSPS) is 35.0. The van der Waals surface area contributed by atoms with Crippen molar-refractivity contribution in [2.75, 3.05) is 13.1 Å². The van der Waals surface area contributed by atoms with Crippen LogP contribution in [0.2, 0.25) is 0 Å². The van der Waals surface area contributed by atoms with Crippen LogP contribution in [0.15, 0.2) is 24.3 Å². The van der Waals surface area contributed by atoms with E-state index in [1.54, 1.807) is 6.07 Å². The molecule has 2 unspecified atom stereocenters. The van der Waals surface area contributed by atoms with Gasteiger partial charge in [0, 0.05) is 17.5 Å². The lowest BCUT2D eigenvalue weighted by Gasteiger charge is -2.44. The summed E-state index contributed by atoms with van der Waals surface area (Å²) in [4.78, 5) is 0. The van der Waals surface area contributed by atoms with Crippen LogP contribution in [0, 0.1) is 5.92 Å². The van der Waals surface area contributed by atoms with E-state index in [2.05, 4.69) is 11.4 Å². The first-order valence-electron chi connectivity index (χ1n) is 5.32. The van der Waals surface area contributed by atoms with E-state index >= 15 is 0 Å². The second kappa shape index (κ2) is 2.74. The van der Waals surface area contributed by atoms with Crippen molar-refractivity contribution in [2.24, 2.45) is 5.92 Å². The molecule has 2 fully saturated rings. The monoisotopic (exact) mass is 189 g/mol. The molecular weight excluding hydrogens is 174 g/mol. The van der Waals surface area contributed by atoms with Gasteiger partial charge >= 0.3 is 0 Å². The molecule has 0 spiro atoms. The minimum absolute atomic E-state index is 0.255. The first kappa shape index (κ1) is 8.30. The SMILES string of the molecule is Oc1ccccc1C12CCC1CNC2. The molecule has 2 heteroatoms. The molecule has 0 aromatic heterocycles. The number of nitrogens with one attached hydrogen (secondary N) is 1. The Bertz CT molecular complexity index is 363. The van der Waals surface area contributed by atoms with E-state index in [0.717, 1.165) is 24.6 Å². The lowest BCUT2D eigenvalue weighted by molar-refractivity contribution is 0.177. The van der Waals surface area contributed by atoms with E-state index in [4.69, 9.17) is 0 Å². The Kier molecular flexibility index (Phi) is 1.62. The number of rotatable bonds is 1. The number of benzene rings is 1. The highest BCUT2D eigenvalue weighted by atomic mass is 16.3. The number of phenols is 1. The van der Waals surface area contributed by atoms with E-state index in [-0.39, 0.29) is 5.41 Å². The van der Waals surface area contributed by atoms with Gasteiger partial charge in [-0.3, -0.25) is 0 Å². The predicted octanol–water partition coefficient (Wildman–Crippen LogP) is 1.64. The maximum absolute atomic E-state index is 9.86. The van der Waals surface area contributed by atoms with Crippen molar-refractivity contribution < 1.29 is 5.11 Å². The summed E-state index contributed by atoms with van der Waals surface area (Å²) in [5, 5.41) is 13.3. The van der Waals surface area contributed by atoms with Gasteiger partial charge in [-0.2, -0.15) is 0 Å². The highest BCUT2D eigenvalue weighted by Gasteiger charge is 2.51. The molecule has 0 amide bonds. The summed E-state index contributed by atoms with van der Waals surface area (Å²) in [6, 6.07) is 7.80. The van der Waals surface area contributed by atoms with Crippen molar-refractivity contribution in [1.29, 1.82) is 0 Å². The average molecular weight is 189 g/mol. The molecule has 2 aliphatic rings. The highest BCUT2D eigenvalue weighted by Crippen LogP contribution is 2.52. The molecule has 74 valence electrons. The van der Waals surface area contributed by atoms with Crippen molar-refractivity contribution in [3.8, 4) is 5.75 Å². The molecule has 1 aromatic carbocycles. The van der Waals surface area contributed by atoms with E-state index in [0.29, 0.717) is 5.75 Å². The molecule has 14 heavy (non-hydrogen) atoms. The quantitative estimate of drug-likeness (QED) is 0.704. The summed E-state index contributed by atoms with van der Waals surface area (Å²) < 4.78 is 0. The standard InChI is InChI=1S/C12H15NO/c14-11-4-2-1-3-10(11)12-6-5-9(12)7-13-8-12/h1-4,9,13-14H,5-8H2. The fraction of sp³-hybridized carbons (Fsp3) is 0.500. The minimum atomic E-state index is 0.255. The topological polar surface area (TPSA) is 32.3 Å². The number of aromatic hydroxyl groups is 1. The second-order valence-corrected chi connectivity index (χ2v) is 4.54. The van der Waals surface area contributed by atoms with Crippen LogP contribution in [0.5, 0.6) is 5.75 Å². The van der Waals surface area contributed by atoms with Crippen LogP contribution in [0.3, 0.4) is 0 Å². The third-order valence-electron chi connectivity index (χ3n) is 3.99. The third kappa shape index (κ3) is 0.894. The minimum Gasteiger partial charge on any atom is -0.508 e. The van der Waals surface area contributed by atoms with Gasteiger partial charge in [0.05, 0.1) is 0 Å². The molecule has 1 aliphatic carbocycles. The Morgan fingerprint density at radius 1 is 1.36 bits per heavy atom. The van der Waals surface area contributed by atoms with E-state index < -0.39 is 0 Å². The molecule has 0 radical (unpaired) electrons. The lowest BCUT2D eigenvalue weighted by atomic mass is 9.58. The fourth-order valence-electron chi connectivity index (χ4n) is 3.04. The van der Waals surface area contributed by atoms with Gasteiger partial charge in [0.15, 0.2) is 0 Å². The van der Waals surface area contributed by atoms with Gasteiger partial charge in [0.25, 0.3) is 0 Å². The Morgan fingerprint density at radius 2 is 2.21 bits per heavy atom. The molecule has 1 heterocycles. The zero-order valence-corrected chi connectivity index (χ0v) is 8.16. The molecule has 1 saturated carbocycles. The smallest absolute Gasteiger partial charge is 0.119 e. The number of para-hydroxylation sites is 1. The van der Waals surface area contributed by atoms with Crippen LogP contribution in [-0.4, -0.2) is 18.2 Å². The molecule has 0 bridgehead atoms. The van der Waals surface area contributed by atoms with Crippen LogP contribution in [0.25, 0.3) is 0 Å². The van der Waals surface area contributed by atoms with Crippen LogP contribution in [0.1, 0.15) is 18.4 Å². The van der Waals surface area contributed by atoms with Gasteiger partial charge < -0.3 is 10.4 Å². The molecule has 3 rings (SSSR count). The summed E-state index contributed by atoms with van der Waals surface area (Å²) >= 11 is 0. The number of hydrogen-bond donors (Lipinski definition) is 2. The molecule has 1 aromatic rings. The Morgan fingerprint density at radius 3 is 2.86 bits per heavy atom. The van der Waals surface area contributed by atoms with Crippen molar-refractivity contribution in [2.45, 2.75) is 18.3 Å². The maximum Gasteiger partial charge on any atom is 0.119 e. The van der Waals surface area contributed by atoms with Gasteiger partial charge in [0.1, 0.15) is 5.75 Å². The van der Waals surface area contributed by atoms with Gasteiger partial charge in [0.2, 0.25) is 0 Å². The van der Waals surface area contributed by atoms with Gasteiger partial charge in [-0.05, 0) is 31.4 Å². The average Bonchev–Trinajstić information content (AvgIpc) is 2.45. The molecule has 2 atom stereocenters. The fourth-order valence-corrected chi connectivity index (χ4v) is 3.04. The predicted molar refractivity (Wildman–Crippen MR) is 55.4 cm³/mol. The highest BCUT2D eigenvalue weighted by molar-refractivity contribution is 5.42. The number of hydrogen-bond acceptors (Lipinski definition) is 2. The van der Waals surface area contributed by atoms with Crippen molar-refractivity contribution in [3.05, 3.63) is 29.8 Å². The second-order valence-electron chi connectivity index (χ2n) is 4.54. The van der Waals surface area contributed by atoms with Crippen molar-refractivity contribution in [3.63, 3.8) is 0 Å². The van der Waals surface area contributed by atoms with Crippen molar-refractivity contribution in [1.82, 2.24) is 5.32 Å². The van der Waals surface area contributed by atoms with Crippen LogP contribution < -0.4 is 5.32 Å². The van der Waals surface area contributed by atoms with Crippen LogP contribution in [0.4, 0.5) is 0 Å². The van der Waals surface area contributed by atoms with E-state index in [1.165, 1.54) is 12.8 Å². The van der Waals surface area contributed by atoms with Crippen LogP contribution >= 0.6 is 0 Å². The summed E-state index contributed by atoms with van der Waals surface area (Å²) in [7, 11) is 0. The summed E-state index contributed by atoms with van der Waals surface area (Å²) in [5.74, 6) is 1.22. The largest absolute Gasteiger partial charge is 0.508 e. The van der Waals surface area contributed by atoms with E-state index in [1.807, 2.05) is 12.1 Å². The first-order valence-corrected chi connectivity index (χ1v) is 5.32. The van der Waals surface area contributed by atoms with Gasteiger partial charge in [-0.1, -0.05) is 18.2 Å². The molecule has 2 N–H and O–H groups in total. The Labute approximate surface area is 84.0 Å². The number of phenolic OH excluding ortho intramolecular Hbond substituents is 1. The van der Waals surface area contributed by atoms with Crippen LogP contribution in [-0.2, 0) is 5.41 Å². The molecule has 1 aliphatic heterocycles. The Hall–Kier alpha value is -1.02. The number of fused-ring (bicyclic) bond motifs is 1. The first-order chi connectivity index (χ1) is 6.83.